The van der Waals surface area contributed by atoms with Crippen molar-refractivity contribution in [3.05, 3.63) is 75.3 Å². The van der Waals surface area contributed by atoms with Crippen molar-refractivity contribution in [2.75, 3.05) is 7.05 Å². The van der Waals surface area contributed by atoms with Crippen LogP contribution < -0.4 is 10.6 Å². The summed E-state index contributed by atoms with van der Waals surface area (Å²) in [7, 11) is 1.53. The van der Waals surface area contributed by atoms with Crippen molar-refractivity contribution in [3.8, 4) is 0 Å². The van der Waals surface area contributed by atoms with E-state index in [-0.39, 0.29) is 42.8 Å². The second kappa shape index (κ2) is 10.1. The lowest BCUT2D eigenvalue weighted by molar-refractivity contribution is -0.385. The van der Waals surface area contributed by atoms with E-state index < -0.39 is 16.7 Å². The molecule has 0 aliphatic carbocycles. The molecule has 6 nitrogen and oxygen atoms in total. The Morgan fingerprint density at radius 1 is 1.07 bits per heavy atom. The predicted molar refractivity (Wildman–Crippen MR) is 107 cm³/mol. The number of benzene rings is 2. The third-order valence-corrected chi connectivity index (χ3v) is 3.60. The Bertz CT molecular complexity index is 796. The average Bonchev–Trinajstić information content (AvgIpc) is 2.61. The molecule has 0 fully saturated rings. The van der Waals surface area contributed by atoms with Crippen molar-refractivity contribution in [2.45, 2.75) is 19.3 Å². The summed E-state index contributed by atoms with van der Waals surface area (Å²) in [6.07, 6.45) is -4.37. The van der Waals surface area contributed by atoms with Crippen molar-refractivity contribution in [1.29, 1.82) is 0 Å². The Hall–Kier alpha value is -2.37. The fourth-order valence-corrected chi connectivity index (χ4v) is 2.24. The lowest BCUT2D eigenvalue weighted by atomic mass is 10.1. The number of nitrogens with zero attached hydrogens (tertiary/aromatic N) is 2. The minimum Gasteiger partial charge on any atom is -0.352 e. The molecule has 0 unspecified atom stereocenters. The van der Waals surface area contributed by atoms with Crippen LogP contribution in [0.4, 0.5) is 18.9 Å². The van der Waals surface area contributed by atoms with Gasteiger partial charge in [-0.25, -0.2) is 0 Å². The molecule has 2 N–H and O–H groups in total. The van der Waals surface area contributed by atoms with Crippen LogP contribution in [-0.4, -0.2) is 17.9 Å². The smallest absolute Gasteiger partial charge is 0.352 e. The van der Waals surface area contributed by atoms with E-state index in [1.54, 1.807) is 18.2 Å². The van der Waals surface area contributed by atoms with Crippen LogP contribution in [0.25, 0.3) is 0 Å². The minimum atomic E-state index is -4.37. The summed E-state index contributed by atoms with van der Waals surface area (Å²) in [6, 6.07) is 11.1. The molecule has 0 atom stereocenters. The third-order valence-electron chi connectivity index (χ3n) is 3.60. The summed E-state index contributed by atoms with van der Waals surface area (Å²) in [6.45, 7) is 0.443. The number of rotatable bonds is 5. The normalized spacial score (nSPS) is 11.5. The van der Waals surface area contributed by atoms with Crippen LogP contribution >= 0.6 is 24.0 Å². The first-order valence-corrected chi connectivity index (χ1v) is 7.64. The largest absolute Gasteiger partial charge is 0.416 e. The quantitative estimate of drug-likeness (QED) is 0.216. The number of nitro groups is 1. The van der Waals surface area contributed by atoms with E-state index in [9.17, 15) is 23.3 Å². The van der Waals surface area contributed by atoms with Crippen molar-refractivity contribution in [1.82, 2.24) is 10.6 Å². The van der Waals surface area contributed by atoms with Gasteiger partial charge in [-0.1, -0.05) is 30.3 Å². The average molecular weight is 494 g/mol. The number of guanidine groups is 1. The number of hydrogen-bond acceptors (Lipinski definition) is 3. The molecule has 0 saturated carbocycles. The molecule has 0 aliphatic heterocycles. The second-order valence-corrected chi connectivity index (χ2v) is 5.36. The Balaban J connectivity index is 0.00000364. The lowest BCUT2D eigenvalue weighted by Gasteiger charge is -2.13. The fourth-order valence-electron chi connectivity index (χ4n) is 2.24. The molecule has 0 saturated heterocycles. The highest BCUT2D eigenvalue weighted by Gasteiger charge is 2.29. The van der Waals surface area contributed by atoms with Crippen LogP contribution in [0.15, 0.2) is 53.5 Å². The molecule has 0 spiro atoms. The van der Waals surface area contributed by atoms with Gasteiger partial charge in [-0.2, -0.15) is 13.2 Å². The molecule has 2 rings (SSSR count). The van der Waals surface area contributed by atoms with Crippen molar-refractivity contribution in [2.24, 2.45) is 4.99 Å². The highest BCUT2D eigenvalue weighted by Crippen LogP contribution is 2.29. The summed E-state index contributed by atoms with van der Waals surface area (Å²) in [5.41, 5.74) is 0.431. The molecule has 0 radical (unpaired) electrons. The number of alkyl halides is 3. The third kappa shape index (κ3) is 6.70. The summed E-state index contributed by atoms with van der Waals surface area (Å²) in [4.78, 5) is 14.5. The lowest BCUT2D eigenvalue weighted by Crippen LogP contribution is -2.36. The number of halogens is 4. The first-order chi connectivity index (χ1) is 12.3. The molecule has 0 heterocycles. The highest BCUT2D eigenvalue weighted by atomic mass is 127. The van der Waals surface area contributed by atoms with Crippen molar-refractivity contribution in [3.63, 3.8) is 0 Å². The van der Waals surface area contributed by atoms with Gasteiger partial charge >= 0.3 is 6.18 Å². The number of nitrogens with one attached hydrogen (secondary N) is 2. The van der Waals surface area contributed by atoms with Crippen LogP contribution in [0.3, 0.4) is 0 Å². The van der Waals surface area contributed by atoms with E-state index in [1.807, 2.05) is 0 Å². The molecule has 0 amide bonds. The second-order valence-electron chi connectivity index (χ2n) is 5.36. The zero-order valence-corrected chi connectivity index (χ0v) is 16.6. The van der Waals surface area contributed by atoms with Gasteiger partial charge in [0.1, 0.15) is 0 Å². The maximum Gasteiger partial charge on any atom is 0.416 e. The number of para-hydroxylation sites is 1. The molecule has 10 heteroatoms. The van der Waals surface area contributed by atoms with Crippen LogP contribution in [0, 0.1) is 10.1 Å². The molecule has 27 heavy (non-hydrogen) atoms. The Morgan fingerprint density at radius 2 is 1.67 bits per heavy atom. The highest BCUT2D eigenvalue weighted by molar-refractivity contribution is 14.0. The molecule has 0 bridgehead atoms. The van der Waals surface area contributed by atoms with E-state index in [1.165, 1.54) is 25.2 Å². The molecule has 2 aromatic rings. The van der Waals surface area contributed by atoms with Gasteiger partial charge in [-0.05, 0) is 17.7 Å². The fraction of sp³-hybridized carbons (Fsp3) is 0.235. The molecule has 0 aromatic heterocycles. The van der Waals surface area contributed by atoms with E-state index in [0.29, 0.717) is 17.1 Å². The number of hydrogen-bond donors (Lipinski definition) is 2. The van der Waals surface area contributed by atoms with Crippen molar-refractivity contribution >= 4 is 35.6 Å². The van der Waals surface area contributed by atoms with Gasteiger partial charge in [0.2, 0.25) is 0 Å². The van der Waals surface area contributed by atoms with Gasteiger partial charge < -0.3 is 10.6 Å². The number of nitro benzene ring substituents is 1. The predicted octanol–water partition coefficient (Wildman–Crippen LogP) is 4.10. The Labute approximate surface area is 171 Å². The van der Waals surface area contributed by atoms with Gasteiger partial charge in [0, 0.05) is 31.8 Å². The van der Waals surface area contributed by atoms with Crippen LogP contribution in [0.5, 0.6) is 0 Å². The van der Waals surface area contributed by atoms with Crippen LogP contribution in [0.1, 0.15) is 16.7 Å². The van der Waals surface area contributed by atoms with E-state index in [0.717, 1.165) is 12.1 Å². The zero-order valence-electron chi connectivity index (χ0n) is 14.3. The molecular weight excluding hydrogens is 476 g/mol. The minimum absolute atomic E-state index is 0. The van der Waals surface area contributed by atoms with Crippen LogP contribution in [-0.2, 0) is 19.3 Å². The monoisotopic (exact) mass is 494 g/mol. The summed E-state index contributed by atoms with van der Waals surface area (Å²) < 4.78 is 37.6. The Morgan fingerprint density at radius 3 is 2.22 bits per heavy atom. The first kappa shape index (κ1) is 22.7. The summed E-state index contributed by atoms with van der Waals surface area (Å²) in [5, 5.41) is 16.9. The standard InChI is InChI=1S/C17H17F3N4O2.HI/c1-21-16(23-11-13-4-2-3-5-15(13)24(25)26)22-10-12-6-8-14(9-7-12)17(18,19)20;/h2-9H,10-11H2,1H3,(H2,21,22,23);1H. The molecule has 2 aromatic carbocycles. The van der Waals surface area contributed by atoms with Gasteiger partial charge in [0.15, 0.2) is 5.96 Å². The van der Waals surface area contributed by atoms with Gasteiger partial charge in [0.05, 0.1) is 10.5 Å². The molecular formula is C17H18F3IN4O2. The zero-order chi connectivity index (χ0) is 19.2. The Kier molecular flexibility index (Phi) is 8.47. The van der Waals surface area contributed by atoms with Gasteiger partial charge in [-0.15, -0.1) is 24.0 Å². The topological polar surface area (TPSA) is 79.6 Å². The maximum absolute atomic E-state index is 12.5. The summed E-state index contributed by atoms with van der Waals surface area (Å²) in [5.74, 6) is 0.378. The van der Waals surface area contributed by atoms with E-state index >= 15 is 0 Å². The van der Waals surface area contributed by atoms with E-state index in [2.05, 4.69) is 15.6 Å². The SMILES string of the molecule is CN=C(NCc1ccc(C(F)(F)F)cc1)NCc1ccccc1[N+](=O)[O-].I. The summed E-state index contributed by atoms with van der Waals surface area (Å²) >= 11 is 0. The van der Waals surface area contributed by atoms with Crippen LogP contribution in [0.2, 0.25) is 0 Å². The van der Waals surface area contributed by atoms with Gasteiger partial charge in [-0.3, -0.25) is 15.1 Å². The molecule has 146 valence electrons. The number of aliphatic imine (C=N–C) groups is 1. The molecule has 0 aliphatic rings. The van der Waals surface area contributed by atoms with Crippen molar-refractivity contribution < 1.29 is 18.1 Å². The van der Waals surface area contributed by atoms with E-state index in [4.69, 9.17) is 0 Å². The van der Waals surface area contributed by atoms with Gasteiger partial charge in [0.25, 0.3) is 5.69 Å². The first-order valence-electron chi connectivity index (χ1n) is 7.64. The maximum atomic E-state index is 12.5.